The lowest BCUT2D eigenvalue weighted by atomic mass is 10.4. The number of rotatable bonds is 1. The number of aromatic nitrogens is 2. The Labute approximate surface area is 88.5 Å². The van der Waals surface area contributed by atoms with Gasteiger partial charge in [0.15, 0.2) is 0 Å². The van der Waals surface area contributed by atoms with Crippen molar-refractivity contribution in [2.45, 2.75) is 4.34 Å². The summed E-state index contributed by atoms with van der Waals surface area (Å²) in [7, 11) is -3.82. The van der Waals surface area contributed by atoms with Gasteiger partial charge in [0.05, 0.1) is 5.36 Å². The predicted octanol–water partition coefficient (Wildman–Crippen LogP) is -0.895. The Hall–Kier alpha value is -1.45. The summed E-state index contributed by atoms with van der Waals surface area (Å²) >= 11 is 0.871. The Balaban J connectivity index is 2.88. The number of sulfonamides is 1. The van der Waals surface area contributed by atoms with E-state index >= 15 is 0 Å². The number of nitrogens with two attached hydrogens (primary N) is 2. The molecule has 2 aromatic heterocycles. The Morgan fingerprint density at radius 1 is 1.47 bits per heavy atom. The van der Waals surface area contributed by atoms with Gasteiger partial charge in [0.1, 0.15) is 10.6 Å². The van der Waals surface area contributed by atoms with Gasteiger partial charge < -0.3 is 11.1 Å². The SMILES string of the molecule is N=c1cc(N)n2nc(S(N)(=O)=O)sc2c1. The molecule has 0 aliphatic heterocycles. The van der Waals surface area contributed by atoms with Crippen molar-refractivity contribution in [3.8, 4) is 0 Å². The number of anilines is 1. The van der Waals surface area contributed by atoms with Crippen molar-refractivity contribution in [3.63, 3.8) is 0 Å². The van der Waals surface area contributed by atoms with Gasteiger partial charge in [-0.25, -0.2) is 18.1 Å². The fraction of sp³-hybridized carbons (Fsp3) is 0. The highest BCUT2D eigenvalue weighted by Crippen LogP contribution is 2.18. The lowest BCUT2D eigenvalue weighted by Gasteiger charge is -1.95. The van der Waals surface area contributed by atoms with Crippen LogP contribution in [-0.4, -0.2) is 18.0 Å². The van der Waals surface area contributed by atoms with Gasteiger partial charge in [0, 0.05) is 6.07 Å². The van der Waals surface area contributed by atoms with Crippen LogP contribution in [0.1, 0.15) is 0 Å². The van der Waals surface area contributed by atoms with Crippen molar-refractivity contribution in [3.05, 3.63) is 17.5 Å². The van der Waals surface area contributed by atoms with Crippen molar-refractivity contribution in [1.29, 1.82) is 5.41 Å². The maximum atomic E-state index is 11.0. The van der Waals surface area contributed by atoms with Crippen LogP contribution < -0.4 is 16.2 Å². The molecule has 2 heterocycles. The maximum Gasteiger partial charge on any atom is 0.267 e. The number of pyridine rings is 1. The molecule has 0 fully saturated rings. The molecule has 0 aromatic carbocycles. The molecule has 0 amide bonds. The third-order valence-electron chi connectivity index (χ3n) is 1.65. The molecule has 0 bridgehead atoms. The predicted molar refractivity (Wildman–Crippen MR) is 54.7 cm³/mol. The second kappa shape index (κ2) is 3.02. The number of hydrogen-bond donors (Lipinski definition) is 3. The van der Waals surface area contributed by atoms with Crippen molar-refractivity contribution in [2.75, 3.05) is 5.73 Å². The largest absolute Gasteiger partial charge is 0.384 e. The fourth-order valence-corrected chi connectivity index (χ4v) is 2.71. The Morgan fingerprint density at radius 2 is 2.13 bits per heavy atom. The highest BCUT2D eigenvalue weighted by atomic mass is 32.2. The van der Waals surface area contributed by atoms with E-state index in [2.05, 4.69) is 5.10 Å². The topological polar surface area (TPSA) is 127 Å². The summed E-state index contributed by atoms with van der Waals surface area (Å²) < 4.78 is 23.1. The Morgan fingerprint density at radius 3 is 2.73 bits per heavy atom. The quantitative estimate of drug-likeness (QED) is 0.601. The van der Waals surface area contributed by atoms with Gasteiger partial charge in [-0.2, -0.15) is 0 Å². The van der Waals surface area contributed by atoms with Crippen LogP contribution in [0.4, 0.5) is 5.82 Å². The summed E-state index contributed by atoms with van der Waals surface area (Å²) in [5, 5.41) is 16.2. The fourth-order valence-electron chi connectivity index (χ4n) is 1.07. The van der Waals surface area contributed by atoms with E-state index in [4.69, 9.17) is 16.3 Å². The van der Waals surface area contributed by atoms with E-state index in [0.29, 0.717) is 4.83 Å². The van der Waals surface area contributed by atoms with Gasteiger partial charge in [-0.1, -0.05) is 11.3 Å². The molecular formula is C6H7N5O2S2. The average Bonchev–Trinajstić information content (AvgIpc) is 2.46. The molecule has 80 valence electrons. The monoisotopic (exact) mass is 245 g/mol. The van der Waals surface area contributed by atoms with E-state index in [9.17, 15) is 8.42 Å². The minimum absolute atomic E-state index is 0.192. The zero-order valence-electron chi connectivity index (χ0n) is 7.34. The molecule has 15 heavy (non-hydrogen) atoms. The first-order valence-electron chi connectivity index (χ1n) is 3.75. The van der Waals surface area contributed by atoms with E-state index in [1.165, 1.54) is 16.6 Å². The first-order chi connectivity index (χ1) is 6.88. The molecule has 0 spiro atoms. The van der Waals surface area contributed by atoms with Crippen molar-refractivity contribution >= 4 is 32.0 Å². The molecule has 0 radical (unpaired) electrons. The number of nitrogen functional groups attached to an aromatic ring is 1. The summed E-state index contributed by atoms with van der Waals surface area (Å²) in [5.74, 6) is 0.198. The summed E-state index contributed by atoms with van der Waals surface area (Å²) in [5.41, 5.74) is 5.57. The molecule has 0 aliphatic carbocycles. The first kappa shape index (κ1) is 10.1. The van der Waals surface area contributed by atoms with Crippen LogP contribution in [0.2, 0.25) is 0 Å². The summed E-state index contributed by atoms with van der Waals surface area (Å²) in [4.78, 5) is 0.462. The smallest absolute Gasteiger partial charge is 0.267 e. The van der Waals surface area contributed by atoms with Gasteiger partial charge in [-0.15, -0.1) is 5.10 Å². The van der Waals surface area contributed by atoms with E-state index in [0.717, 1.165) is 11.3 Å². The summed E-state index contributed by atoms with van der Waals surface area (Å²) in [6.45, 7) is 0. The van der Waals surface area contributed by atoms with Gasteiger partial charge in [0.2, 0.25) is 4.34 Å². The highest BCUT2D eigenvalue weighted by Gasteiger charge is 2.15. The van der Waals surface area contributed by atoms with E-state index < -0.39 is 10.0 Å². The maximum absolute atomic E-state index is 11.0. The second-order valence-corrected chi connectivity index (χ2v) is 5.58. The van der Waals surface area contributed by atoms with Crippen molar-refractivity contribution < 1.29 is 8.42 Å². The third kappa shape index (κ3) is 1.71. The molecule has 0 unspecified atom stereocenters. The summed E-state index contributed by atoms with van der Waals surface area (Å²) in [6, 6.07) is 2.84. The van der Waals surface area contributed by atoms with Gasteiger partial charge in [-0.05, 0) is 6.07 Å². The molecular weight excluding hydrogens is 238 g/mol. The Bertz CT molecular complexity index is 683. The van der Waals surface area contributed by atoms with Crippen LogP contribution in [0.5, 0.6) is 0 Å². The van der Waals surface area contributed by atoms with Crippen molar-refractivity contribution in [2.24, 2.45) is 5.14 Å². The zero-order valence-corrected chi connectivity index (χ0v) is 8.97. The molecule has 2 aromatic rings. The minimum atomic E-state index is -3.82. The van der Waals surface area contributed by atoms with Gasteiger partial charge >= 0.3 is 0 Å². The molecule has 0 saturated heterocycles. The molecule has 5 N–H and O–H groups in total. The molecule has 9 heteroatoms. The highest BCUT2D eigenvalue weighted by molar-refractivity contribution is 7.91. The number of nitrogens with zero attached hydrogens (tertiary/aromatic N) is 2. The van der Waals surface area contributed by atoms with Gasteiger partial charge in [-0.3, -0.25) is 0 Å². The number of fused-ring (bicyclic) bond motifs is 1. The molecule has 0 saturated carbocycles. The zero-order chi connectivity index (χ0) is 11.2. The van der Waals surface area contributed by atoms with Gasteiger partial charge in [0.25, 0.3) is 10.0 Å². The molecule has 0 aliphatic rings. The molecule has 2 rings (SSSR count). The first-order valence-corrected chi connectivity index (χ1v) is 6.11. The normalized spacial score (nSPS) is 12.1. The van der Waals surface area contributed by atoms with E-state index in [1.807, 2.05) is 0 Å². The summed E-state index contributed by atoms with van der Waals surface area (Å²) in [6.07, 6.45) is 0. The van der Waals surface area contributed by atoms with Crippen LogP contribution in [0.25, 0.3) is 4.83 Å². The average molecular weight is 245 g/mol. The van der Waals surface area contributed by atoms with Crippen LogP contribution in [0.3, 0.4) is 0 Å². The standard InChI is InChI=1S/C6H7N5O2S2/c7-3-1-4(8)11-5(2-3)14-6(10-11)15(9,12)13/h1-2,7H,8H2,(H2,9,12,13). The minimum Gasteiger partial charge on any atom is -0.384 e. The van der Waals surface area contributed by atoms with Crippen LogP contribution >= 0.6 is 11.3 Å². The second-order valence-electron chi connectivity index (χ2n) is 2.83. The lowest BCUT2D eigenvalue weighted by Crippen LogP contribution is -2.12. The lowest BCUT2D eigenvalue weighted by molar-refractivity contribution is 0.595. The van der Waals surface area contributed by atoms with Crippen LogP contribution in [-0.2, 0) is 10.0 Å². The van der Waals surface area contributed by atoms with Crippen LogP contribution in [0, 0.1) is 5.41 Å². The molecule has 7 nitrogen and oxygen atoms in total. The van der Waals surface area contributed by atoms with E-state index in [-0.39, 0.29) is 15.5 Å². The molecule has 0 atom stereocenters. The number of nitrogens with one attached hydrogen (secondary N) is 1. The Kier molecular flexibility index (Phi) is 2.03. The van der Waals surface area contributed by atoms with E-state index in [1.54, 1.807) is 0 Å². The third-order valence-corrected chi connectivity index (χ3v) is 3.92. The number of hydrogen-bond acceptors (Lipinski definition) is 6. The van der Waals surface area contributed by atoms with Crippen molar-refractivity contribution in [1.82, 2.24) is 9.61 Å². The van der Waals surface area contributed by atoms with Crippen LogP contribution in [0.15, 0.2) is 16.5 Å². The number of primary sulfonamides is 1.